The van der Waals surface area contributed by atoms with Crippen molar-refractivity contribution < 1.29 is 34.2 Å². The number of imide groups is 1. The standard InChI is InChI=1S/C24H21N5O7S4/c30-18-12-4-1-2-5-13(12)19(31)28(18)14(22(33)34)6-3-7-15(37)26-16-20(32)29-17(23(35)36)11(8-38-21(16)29)9-39-24-27-25-10-40-24/h1-2,4-5,10,14,16,21H,3,6-9H2,(H,26,37)(H,33,34)(H,35,36)/t14-,16?,21-/m1/s1. The number of benzene rings is 1. The van der Waals surface area contributed by atoms with Gasteiger partial charge in [0.15, 0.2) is 4.34 Å². The van der Waals surface area contributed by atoms with Crippen molar-refractivity contribution in [1.82, 2.24) is 25.3 Å². The molecule has 2 aromatic rings. The monoisotopic (exact) mass is 619 g/mol. The normalized spacial score (nSPS) is 20.6. The Labute approximate surface area is 245 Å². The molecule has 1 aromatic heterocycles. The van der Waals surface area contributed by atoms with Gasteiger partial charge in [0, 0.05) is 11.5 Å². The molecule has 1 saturated heterocycles. The van der Waals surface area contributed by atoms with E-state index in [0.29, 0.717) is 26.4 Å². The number of nitrogens with zero attached hydrogens (tertiary/aromatic N) is 4. The van der Waals surface area contributed by atoms with Crippen molar-refractivity contribution in [1.29, 1.82) is 0 Å². The summed E-state index contributed by atoms with van der Waals surface area (Å²) in [5.41, 5.74) is 2.53. The topological polar surface area (TPSA) is 170 Å². The van der Waals surface area contributed by atoms with Crippen LogP contribution >= 0.6 is 47.1 Å². The molecule has 0 radical (unpaired) electrons. The van der Waals surface area contributed by atoms with E-state index in [-0.39, 0.29) is 36.1 Å². The number of nitrogens with one attached hydrogen (secondary N) is 1. The summed E-state index contributed by atoms with van der Waals surface area (Å²) < 4.78 is 0.706. The van der Waals surface area contributed by atoms with Gasteiger partial charge in [0.1, 0.15) is 28.7 Å². The molecule has 0 spiro atoms. The molecule has 0 bridgehead atoms. The van der Waals surface area contributed by atoms with Gasteiger partial charge in [0.2, 0.25) is 0 Å². The fourth-order valence-electron chi connectivity index (χ4n) is 4.72. The average Bonchev–Trinajstić information content (AvgIpc) is 3.54. The van der Waals surface area contributed by atoms with Crippen LogP contribution in [-0.4, -0.2) is 93.8 Å². The van der Waals surface area contributed by atoms with Crippen molar-refractivity contribution >= 4 is 81.7 Å². The second-order valence-electron chi connectivity index (χ2n) is 8.98. The molecule has 1 aromatic carbocycles. The lowest BCUT2D eigenvalue weighted by Gasteiger charge is -2.49. The Morgan fingerprint density at radius 2 is 1.88 bits per heavy atom. The molecule has 0 aliphatic carbocycles. The van der Waals surface area contributed by atoms with E-state index < -0.39 is 47.1 Å². The van der Waals surface area contributed by atoms with Crippen LogP contribution < -0.4 is 5.32 Å². The van der Waals surface area contributed by atoms with Crippen LogP contribution in [0, 0.1) is 0 Å². The first-order valence-electron chi connectivity index (χ1n) is 12.0. The number of aromatic nitrogens is 2. The number of carbonyl (C=O) groups is 5. The molecule has 0 saturated carbocycles. The van der Waals surface area contributed by atoms with E-state index in [2.05, 4.69) is 15.5 Å². The summed E-state index contributed by atoms with van der Waals surface area (Å²) in [7, 11) is 0. The van der Waals surface area contributed by atoms with Crippen LogP contribution in [0.1, 0.15) is 40.0 Å². The summed E-state index contributed by atoms with van der Waals surface area (Å²) in [5, 5.41) is 29.8. The van der Waals surface area contributed by atoms with Gasteiger partial charge < -0.3 is 15.5 Å². The van der Waals surface area contributed by atoms with Crippen LogP contribution in [0.5, 0.6) is 0 Å². The highest BCUT2D eigenvalue weighted by Crippen LogP contribution is 2.41. The lowest BCUT2D eigenvalue weighted by molar-refractivity contribution is -0.148. The number of amides is 3. The van der Waals surface area contributed by atoms with Crippen LogP contribution in [0.4, 0.5) is 0 Å². The highest BCUT2D eigenvalue weighted by Gasteiger charge is 2.53. The predicted molar refractivity (Wildman–Crippen MR) is 150 cm³/mol. The van der Waals surface area contributed by atoms with Gasteiger partial charge in [0.25, 0.3) is 17.7 Å². The SMILES string of the molecule is O=C(O)C1=C(CSc2nncs2)CS[C@@H]2C(NC(=S)CCC[C@H](C(=O)O)N3C(=O)c4ccccc4C3=O)C(=O)N12. The summed E-state index contributed by atoms with van der Waals surface area (Å²) in [5.74, 6) is -3.39. The van der Waals surface area contributed by atoms with Crippen molar-refractivity contribution in [2.75, 3.05) is 11.5 Å². The van der Waals surface area contributed by atoms with Crippen LogP contribution in [0.3, 0.4) is 0 Å². The van der Waals surface area contributed by atoms with E-state index in [9.17, 15) is 34.2 Å². The zero-order chi connectivity index (χ0) is 28.6. The van der Waals surface area contributed by atoms with Gasteiger partial charge in [-0.1, -0.05) is 47.4 Å². The number of carboxylic acid groups (broad SMARTS) is 2. The maximum absolute atomic E-state index is 13.0. The highest BCUT2D eigenvalue weighted by molar-refractivity contribution is 8.01. The maximum Gasteiger partial charge on any atom is 0.352 e. The number of carboxylic acids is 2. The van der Waals surface area contributed by atoms with Crippen LogP contribution in [0.25, 0.3) is 0 Å². The molecule has 3 atom stereocenters. The van der Waals surface area contributed by atoms with Crippen molar-refractivity contribution in [2.24, 2.45) is 0 Å². The molecule has 5 rings (SSSR count). The van der Waals surface area contributed by atoms with E-state index in [1.54, 1.807) is 17.6 Å². The van der Waals surface area contributed by atoms with E-state index >= 15 is 0 Å². The Balaban J connectivity index is 1.16. The van der Waals surface area contributed by atoms with Crippen molar-refractivity contribution in [3.05, 3.63) is 52.2 Å². The van der Waals surface area contributed by atoms with Crippen LogP contribution in [0.15, 0.2) is 45.4 Å². The summed E-state index contributed by atoms with van der Waals surface area (Å²) in [6.45, 7) is 0. The number of fused-ring (bicyclic) bond motifs is 2. The van der Waals surface area contributed by atoms with Gasteiger partial charge in [-0.3, -0.25) is 24.2 Å². The zero-order valence-electron chi connectivity index (χ0n) is 20.5. The van der Waals surface area contributed by atoms with E-state index in [4.69, 9.17) is 12.2 Å². The molecule has 12 nitrogen and oxygen atoms in total. The lowest BCUT2D eigenvalue weighted by atomic mass is 10.0. The van der Waals surface area contributed by atoms with E-state index in [1.807, 2.05) is 0 Å². The first-order chi connectivity index (χ1) is 19.2. The molecule has 4 heterocycles. The molecule has 3 aliphatic heterocycles. The molecule has 1 fully saturated rings. The summed E-state index contributed by atoms with van der Waals surface area (Å²) in [6.07, 6.45) is 0.438. The second-order valence-corrected chi connectivity index (χ2v) is 12.6. The van der Waals surface area contributed by atoms with Gasteiger partial charge in [0.05, 0.1) is 16.1 Å². The molecule has 3 amide bonds. The van der Waals surface area contributed by atoms with Crippen molar-refractivity contribution in [2.45, 2.75) is 41.1 Å². The lowest BCUT2D eigenvalue weighted by Crippen LogP contribution is -2.70. The molecule has 208 valence electrons. The fourth-order valence-corrected chi connectivity index (χ4v) is 7.97. The number of thiocarbonyl (C=S) groups is 1. The summed E-state index contributed by atoms with van der Waals surface area (Å²) in [4.78, 5) is 64.7. The Bertz CT molecular complexity index is 1410. The third-order valence-corrected chi connectivity index (χ3v) is 10.2. The number of rotatable bonds is 11. The molecular formula is C24H21N5O7S4. The smallest absolute Gasteiger partial charge is 0.352 e. The number of aliphatic carboxylic acids is 2. The summed E-state index contributed by atoms with van der Waals surface area (Å²) >= 11 is 9.54. The molecule has 1 unspecified atom stereocenters. The zero-order valence-corrected chi connectivity index (χ0v) is 23.8. The van der Waals surface area contributed by atoms with Gasteiger partial charge in [-0.2, -0.15) is 0 Å². The molecule has 40 heavy (non-hydrogen) atoms. The van der Waals surface area contributed by atoms with Gasteiger partial charge in [-0.15, -0.1) is 22.0 Å². The molecule has 16 heteroatoms. The van der Waals surface area contributed by atoms with Crippen molar-refractivity contribution in [3.8, 4) is 0 Å². The summed E-state index contributed by atoms with van der Waals surface area (Å²) in [6, 6.07) is 4.12. The second kappa shape index (κ2) is 11.6. The number of carbonyl (C=O) groups excluding carboxylic acids is 3. The molecular weight excluding hydrogens is 599 g/mol. The van der Waals surface area contributed by atoms with Gasteiger partial charge in [-0.05, 0) is 37.0 Å². The van der Waals surface area contributed by atoms with Crippen LogP contribution in [0.2, 0.25) is 0 Å². The number of hydrogen-bond acceptors (Lipinski definition) is 11. The van der Waals surface area contributed by atoms with E-state index in [0.717, 1.165) is 4.90 Å². The molecule has 3 aliphatic rings. The van der Waals surface area contributed by atoms with E-state index in [1.165, 1.54) is 51.9 Å². The van der Waals surface area contributed by atoms with Crippen LogP contribution in [-0.2, 0) is 14.4 Å². The first kappa shape index (κ1) is 28.2. The predicted octanol–water partition coefficient (Wildman–Crippen LogP) is 2.09. The quantitative estimate of drug-likeness (QED) is 0.145. The molecule has 3 N–H and O–H groups in total. The Morgan fingerprint density at radius 3 is 2.48 bits per heavy atom. The fraction of sp³-hybridized carbons (Fsp3) is 0.333. The van der Waals surface area contributed by atoms with Crippen molar-refractivity contribution in [3.63, 3.8) is 0 Å². The largest absolute Gasteiger partial charge is 0.480 e. The van der Waals surface area contributed by atoms with Gasteiger partial charge >= 0.3 is 11.9 Å². The Morgan fingerprint density at radius 1 is 1.18 bits per heavy atom. The third-order valence-electron chi connectivity index (χ3n) is 6.58. The number of β-lactam (4-membered cyclic amide) rings is 1. The number of hydrogen-bond donors (Lipinski definition) is 3. The Kier molecular flexibility index (Phi) is 8.21. The average molecular weight is 620 g/mol. The first-order valence-corrected chi connectivity index (χ1v) is 15.3. The minimum atomic E-state index is -1.36. The maximum atomic E-state index is 13.0. The minimum Gasteiger partial charge on any atom is -0.480 e. The third kappa shape index (κ3) is 5.23. The number of thioether (sulfide) groups is 2. The van der Waals surface area contributed by atoms with Gasteiger partial charge in [-0.25, -0.2) is 9.59 Å². The highest BCUT2D eigenvalue weighted by atomic mass is 32.2. The minimum absolute atomic E-state index is 0.0208. The Hall–Kier alpha value is -3.34.